The Labute approximate surface area is 91.1 Å². The summed E-state index contributed by atoms with van der Waals surface area (Å²) in [6.45, 7) is 10.5. The largest absolute Gasteiger partial charge is 0.464 e. The quantitative estimate of drug-likeness (QED) is 0.553. The highest BCUT2D eigenvalue weighted by atomic mass is 16.5. The molecule has 0 aliphatic heterocycles. The average Bonchev–Trinajstić information content (AvgIpc) is 2.57. The SMILES string of the molecule is C=CCOCc1cc(CNCC)c(C)o1. The fraction of sp³-hybridized carbons (Fsp3) is 0.500. The maximum Gasteiger partial charge on any atom is 0.130 e. The molecule has 0 aliphatic rings. The lowest BCUT2D eigenvalue weighted by atomic mass is 10.2. The van der Waals surface area contributed by atoms with Gasteiger partial charge in [0.15, 0.2) is 0 Å². The molecule has 0 bridgehead atoms. The second-order valence-corrected chi connectivity index (χ2v) is 3.38. The molecule has 0 saturated carbocycles. The predicted octanol–water partition coefficient (Wildman–Crippen LogP) is 2.40. The second kappa shape index (κ2) is 6.43. The Morgan fingerprint density at radius 1 is 1.60 bits per heavy atom. The molecule has 1 aromatic rings. The highest BCUT2D eigenvalue weighted by Gasteiger charge is 2.06. The van der Waals surface area contributed by atoms with E-state index >= 15 is 0 Å². The van der Waals surface area contributed by atoms with Crippen LogP contribution >= 0.6 is 0 Å². The Kier molecular flexibility index (Phi) is 5.15. The van der Waals surface area contributed by atoms with E-state index in [1.807, 2.05) is 13.0 Å². The molecule has 3 heteroatoms. The van der Waals surface area contributed by atoms with Gasteiger partial charge in [-0.15, -0.1) is 6.58 Å². The van der Waals surface area contributed by atoms with Gasteiger partial charge < -0.3 is 14.5 Å². The minimum Gasteiger partial charge on any atom is -0.464 e. The number of hydrogen-bond acceptors (Lipinski definition) is 3. The van der Waals surface area contributed by atoms with Crippen molar-refractivity contribution in [3.63, 3.8) is 0 Å². The third kappa shape index (κ3) is 3.90. The molecule has 0 aromatic carbocycles. The van der Waals surface area contributed by atoms with Gasteiger partial charge in [-0.2, -0.15) is 0 Å². The van der Waals surface area contributed by atoms with Crippen LogP contribution < -0.4 is 5.32 Å². The van der Waals surface area contributed by atoms with Crippen LogP contribution in [0.3, 0.4) is 0 Å². The maximum atomic E-state index is 5.56. The van der Waals surface area contributed by atoms with Gasteiger partial charge >= 0.3 is 0 Å². The maximum absolute atomic E-state index is 5.56. The molecule has 1 N–H and O–H groups in total. The fourth-order valence-electron chi connectivity index (χ4n) is 1.34. The Bertz CT molecular complexity index is 305. The normalized spacial score (nSPS) is 10.5. The van der Waals surface area contributed by atoms with Crippen molar-refractivity contribution in [2.75, 3.05) is 13.2 Å². The molecule has 0 fully saturated rings. The molecule has 0 aliphatic carbocycles. The number of aryl methyl sites for hydroxylation is 1. The van der Waals surface area contributed by atoms with Gasteiger partial charge in [0.1, 0.15) is 18.1 Å². The van der Waals surface area contributed by atoms with Crippen LogP contribution in [0, 0.1) is 6.92 Å². The Morgan fingerprint density at radius 3 is 3.07 bits per heavy atom. The van der Waals surface area contributed by atoms with Crippen LogP contribution in [0.4, 0.5) is 0 Å². The van der Waals surface area contributed by atoms with Crippen molar-refractivity contribution in [1.82, 2.24) is 5.32 Å². The molecule has 1 aromatic heterocycles. The van der Waals surface area contributed by atoms with E-state index in [1.54, 1.807) is 6.08 Å². The van der Waals surface area contributed by atoms with Crippen molar-refractivity contribution in [3.05, 3.63) is 35.8 Å². The van der Waals surface area contributed by atoms with Crippen molar-refractivity contribution in [1.29, 1.82) is 0 Å². The van der Waals surface area contributed by atoms with Gasteiger partial charge in [-0.1, -0.05) is 13.0 Å². The average molecular weight is 209 g/mol. The molecule has 0 radical (unpaired) electrons. The third-order valence-corrected chi connectivity index (χ3v) is 2.12. The van der Waals surface area contributed by atoms with Gasteiger partial charge in [0, 0.05) is 12.1 Å². The zero-order chi connectivity index (χ0) is 11.1. The van der Waals surface area contributed by atoms with Crippen molar-refractivity contribution in [2.45, 2.75) is 27.0 Å². The van der Waals surface area contributed by atoms with Gasteiger partial charge in [0.25, 0.3) is 0 Å². The summed E-state index contributed by atoms with van der Waals surface area (Å²) in [7, 11) is 0. The first-order valence-corrected chi connectivity index (χ1v) is 5.25. The molecule has 84 valence electrons. The monoisotopic (exact) mass is 209 g/mol. The summed E-state index contributed by atoms with van der Waals surface area (Å²) < 4.78 is 10.9. The first kappa shape index (κ1) is 12.0. The van der Waals surface area contributed by atoms with Crippen molar-refractivity contribution in [3.8, 4) is 0 Å². The lowest BCUT2D eigenvalue weighted by molar-refractivity contribution is 0.131. The van der Waals surface area contributed by atoms with Gasteiger partial charge in [0.2, 0.25) is 0 Å². The summed E-state index contributed by atoms with van der Waals surface area (Å²) in [5.41, 5.74) is 1.20. The summed E-state index contributed by atoms with van der Waals surface area (Å²) in [5, 5.41) is 3.27. The highest BCUT2D eigenvalue weighted by molar-refractivity contribution is 5.20. The molecule has 15 heavy (non-hydrogen) atoms. The van der Waals surface area contributed by atoms with E-state index in [0.29, 0.717) is 13.2 Å². The Hall–Kier alpha value is -1.06. The minimum atomic E-state index is 0.513. The molecule has 0 unspecified atom stereocenters. The van der Waals surface area contributed by atoms with E-state index in [4.69, 9.17) is 9.15 Å². The Morgan fingerprint density at radius 2 is 2.40 bits per heavy atom. The van der Waals surface area contributed by atoms with Gasteiger partial charge in [-0.3, -0.25) is 0 Å². The summed E-state index contributed by atoms with van der Waals surface area (Å²) in [4.78, 5) is 0. The van der Waals surface area contributed by atoms with Crippen LogP contribution in [0.5, 0.6) is 0 Å². The van der Waals surface area contributed by atoms with Crippen LogP contribution in [-0.4, -0.2) is 13.2 Å². The zero-order valence-electron chi connectivity index (χ0n) is 9.51. The highest BCUT2D eigenvalue weighted by Crippen LogP contribution is 2.15. The summed E-state index contributed by atoms with van der Waals surface area (Å²) in [6, 6.07) is 2.04. The van der Waals surface area contributed by atoms with Crippen LogP contribution in [0.2, 0.25) is 0 Å². The van der Waals surface area contributed by atoms with E-state index in [9.17, 15) is 0 Å². The lowest BCUT2D eigenvalue weighted by Gasteiger charge is -1.97. The molecule has 1 rings (SSSR count). The molecule has 3 nitrogen and oxygen atoms in total. The first-order valence-electron chi connectivity index (χ1n) is 5.25. The number of hydrogen-bond donors (Lipinski definition) is 1. The first-order chi connectivity index (χ1) is 7.27. The summed E-state index contributed by atoms with van der Waals surface area (Å²) in [6.07, 6.45) is 1.73. The molecule has 0 saturated heterocycles. The van der Waals surface area contributed by atoms with E-state index in [0.717, 1.165) is 24.6 Å². The van der Waals surface area contributed by atoms with Gasteiger partial charge in [-0.25, -0.2) is 0 Å². The summed E-state index contributed by atoms with van der Waals surface area (Å²) in [5.74, 6) is 1.84. The van der Waals surface area contributed by atoms with Crippen LogP contribution in [0.25, 0.3) is 0 Å². The number of furan rings is 1. The van der Waals surface area contributed by atoms with Crippen LogP contribution in [0.15, 0.2) is 23.1 Å². The molecular formula is C12H19NO2. The predicted molar refractivity (Wildman–Crippen MR) is 60.7 cm³/mol. The van der Waals surface area contributed by atoms with E-state index < -0.39 is 0 Å². The van der Waals surface area contributed by atoms with Crippen LogP contribution in [0.1, 0.15) is 24.0 Å². The van der Waals surface area contributed by atoms with Crippen LogP contribution in [-0.2, 0) is 17.9 Å². The molecule has 0 amide bonds. The van der Waals surface area contributed by atoms with E-state index in [1.165, 1.54) is 5.56 Å². The van der Waals surface area contributed by atoms with Crippen molar-refractivity contribution in [2.24, 2.45) is 0 Å². The lowest BCUT2D eigenvalue weighted by Crippen LogP contribution is -2.11. The van der Waals surface area contributed by atoms with Gasteiger partial charge in [0.05, 0.1) is 6.61 Å². The van der Waals surface area contributed by atoms with Crippen molar-refractivity contribution >= 4 is 0 Å². The standard InChI is InChI=1S/C12H19NO2/c1-4-6-14-9-12-7-11(8-13-5-2)10(3)15-12/h4,7,13H,1,5-6,8-9H2,2-3H3. The number of ether oxygens (including phenoxy) is 1. The molecule has 1 heterocycles. The topological polar surface area (TPSA) is 34.4 Å². The molecular weight excluding hydrogens is 190 g/mol. The Balaban J connectivity index is 2.48. The van der Waals surface area contributed by atoms with Crippen molar-refractivity contribution < 1.29 is 9.15 Å². The van der Waals surface area contributed by atoms with Gasteiger partial charge in [-0.05, 0) is 19.5 Å². The third-order valence-electron chi connectivity index (χ3n) is 2.12. The number of nitrogens with one attached hydrogen (secondary N) is 1. The molecule has 0 atom stereocenters. The van der Waals surface area contributed by atoms with E-state index in [2.05, 4.69) is 18.8 Å². The minimum absolute atomic E-state index is 0.513. The molecule has 0 spiro atoms. The second-order valence-electron chi connectivity index (χ2n) is 3.38. The number of rotatable bonds is 7. The summed E-state index contributed by atoms with van der Waals surface area (Å²) >= 11 is 0. The zero-order valence-corrected chi connectivity index (χ0v) is 9.51. The smallest absolute Gasteiger partial charge is 0.130 e. The fourth-order valence-corrected chi connectivity index (χ4v) is 1.34. The van der Waals surface area contributed by atoms with E-state index in [-0.39, 0.29) is 0 Å².